The minimum atomic E-state index is -0.821. The topological polar surface area (TPSA) is 87.2 Å². The van der Waals surface area contributed by atoms with E-state index in [1.807, 2.05) is 30.3 Å². The molecule has 2 aromatic rings. The van der Waals surface area contributed by atoms with Crippen molar-refractivity contribution in [2.75, 3.05) is 26.2 Å². The highest BCUT2D eigenvalue weighted by atomic mass is 16.5. The maximum atomic E-state index is 13.0. The van der Waals surface area contributed by atoms with Crippen LogP contribution in [0.2, 0.25) is 0 Å². The molecule has 2 amide bonds. The van der Waals surface area contributed by atoms with Crippen LogP contribution in [-0.2, 0) is 14.3 Å². The Hall–Kier alpha value is -2.93. The predicted molar refractivity (Wildman–Crippen MR) is 106 cm³/mol. The summed E-state index contributed by atoms with van der Waals surface area (Å²) in [6, 6.07) is 12.3. The summed E-state index contributed by atoms with van der Waals surface area (Å²) in [5.74, 6) is -0.767. The van der Waals surface area contributed by atoms with Crippen molar-refractivity contribution in [1.29, 1.82) is 0 Å². The molecule has 2 heterocycles. The van der Waals surface area contributed by atoms with Crippen molar-refractivity contribution in [2.45, 2.75) is 31.4 Å². The van der Waals surface area contributed by atoms with Gasteiger partial charge in [-0.1, -0.05) is 30.3 Å². The number of carbonyl (C=O) groups is 3. The number of amides is 2. The number of likely N-dealkylation sites (tertiary alicyclic amines) is 2. The fourth-order valence-electron chi connectivity index (χ4n) is 4.04. The summed E-state index contributed by atoms with van der Waals surface area (Å²) in [7, 11) is 0. The number of benzene rings is 2. The first-order valence-corrected chi connectivity index (χ1v) is 9.95. The van der Waals surface area contributed by atoms with Crippen LogP contribution >= 0.6 is 0 Å². The highest BCUT2D eigenvalue weighted by Crippen LogP contribution is 2.24. The number of aliphatic hydroxyl groups is 1. The van der Waals surface area contributed by atoms with Gasteiger partial charge in [0.05, 0.1) is 12.6 Å². The average Bonchev–Trinajstić information content (AvgIpc) is 3.32. The van der Waals surface area contributed by atoms with Crippen LogP contribution in [0.4, 0.5) is 0 Å². The van der Waals surface area contributed by atoms with Crippen LogP contribution in [0.3, 0.4) is 0 Å². The van der Waals surface area contributed by atoms with Gasteiger partial charge in [0.2, 0.25) is 5.91 Å². The number of nitrogens with zero attached hydrogens (tertiary/aromatic N) is 2. The standard InChI is InChI=1S/C22H24N2O5/c25-18-13-19(22(28)29-11-10-23-9-3-6-20(23)26)24(14-18)21(27)17-8-7-15-4-1-2-5-16(15)12-17/h1-2,4-5,7-8,12,18-19,25H,3,6,9-11,13-14H2. The van der Waals surface area contributed by atoms with E-state index in [-0.39, 0.29) is 31.4 Å². The SMILES string of the molecule is O=C(OCCN1CCCC1=O)C1CC(O)CN1C(=O)c1ccc2ccccc2c1. The lowest BCUT2D eigenvalue weighted by Gasteiger charge is -2.24. The molecule has 0 bridgehead atoms. The number of rotatable bonds is 5. The summed E-state index contributed by atoms with van der Waals surface area (Å²) >= 11 is 0. The molecule has 7 heteroatoms. The van der Waals surface area contributed by atoms with E-state index < -0.39 is 18.1 Å². The Balaban J connectivity index is 1.42. The van der Waals surface area contributed by atoms with E-state index >= 15 is 0 Å². The molecule has 0 radical (unpaired) electrons. The second-order valence-electron chi connectivity index (χ2n) is 7.58. The van der Waals surface area contributed by atoms with Gasteiger partial charge in [-0.15, -0.1) is 0 Å². The zero-order valence-corrected chi connectivity index (χ0v) is 16.1. The minimum Gasteiger partial charge on any atom is -0.462 e. The van der Waals surface area contributed by atoms with Crippen LogP contribution in [0, 0.1) is 0 Å². The van der Waals surface area contributed by atoms with Gasteiger partial charge in [-0.25, -0.2) is 4.79 Å². The molecule has 2 aromatic carbocycles. The summed E-state index contributed by atoms with van der Waals surface area (Å²) in [5, 5.41) is 12.0. The second kappa shape index (κ2) is 8.21. The number of aliphatic hydroxyl groups excluding tert-OH is 1. The van der Waals surface area contributed by atoms with Crippen molar-refractivity contribution in [3.63, 3.8) is 0 Å². The van der Waals surface area contributed by atoms with Crippen molar-refractivity contribution >= 4 is 28.6 Å². The van der Waals surface area contributed by atoms with Crippen LogP contribution in [-0.4, -0.2) is 71.1 Å². The molecule has 152 valence electrons. The smallest absolute Gasteiger partial charge is 0.329 e. The van der Waals surface area contributed by atoms with Gasteiger partial charge >= 0.3 is 5.97 Å². The molecule has 2 aliphatic heterocycles. The molecule has 2 fully saturated rings. The molecule has 1 N–H and O–H groups in total. The number of β-amino-alcohol motifs (C(OH)–C–C–N with tert-alkyl or cyclic N) is 1. The first-order chi connectivity index (χ1) is 14.0. The molecule has 2 unspecified atom stereocenters. The third kappa shape index (κ3) is 4.10. The van der Waals surface area contributed by atoms with E-state index in [1.165, 1.54) is 4.90 Å². The summed E-state index contributed by atoms with van der Waals surface area (Å²) in [6.07, 6.45) is 0.755. The lowest BCUT2D eigenvalue weighted by molar-refractivity contribution is -0.149. The van der Waals surface area contributed by atoms with Gasteiger partial charge < -0.3 is 19.6 Å². The molecule has 7 nitrogen and oxygen atoms in total. The number of esters is 1. The molecular weight excluding hydrogens is 372 g/mol. The van der Waals surface area contributed by atoms with E-state index in [4.69, 9.17) is 4.74 Å². The van der Waals surface area contributed by atoms with Crippen molar-refractivity contribution in [1.82, 2.24) is 9.80 Å². The minimum absolute atomic E-state index is 0.0745. The number of ether oxygens (including phenoxy) is 1. The lowest BCUT2D eigenvalue weighted by atomic mass is 10.1. The third-order valence-electron chi connectivity index (χ3n) is 5.59. The van der Waals surface area contributed by atoms with Gasteiger partial charge in [0.15, 0.2) is 0 Å². The van der Waals surface area contributed by atoms with Crippen LogP contribution < -0.4 is 0 Å². The third-order valence-corrected chi connectivity index (χ3v) is 5.59. The number of carbonyl (C=O) groups excluding carboxylic acids is 3. The lowest BCUT2D eigenvalue weighted by Crippen LogP contribution is -2.42. The van der Waals surface area contributed by atoms with E-state index in [9.17, 15) is 19.5 Å². The zero-order chi connectivity index (χ0) is 20.4. The molecule has 0 saturated carbocycles. The maximum Gasteiger partial charge on any atom is 0.329 e. The first kappa shape index (κ1) is 19.4. The normalized spacial score (nSPS) is 21.8. The largest absolute Gasteiger partial charge is 0.462 e. The first-order valence-electron chi connectivity index (χ1n) is 9.95. The highest BCUT2D eigenvalue weighted by molar-refractivity contribution is 6.00. The fourth-order valence-corrected chi connectivity index (χ4v) is 4.04. The zero-order valence-electron chi connectivity index (χ0n) is 16.1. The highest BCUT2D eigenvalue weighted by Gasteiger charge is 2.40. The molecule has 0 spiro atoms. The van der Waals surface area contributed by atoms with Crippen LogP contribution in [0.15, 0.2) is 42.5 Å². The molecule has 2 aliphatic rings. The Labute approximate surface area is 168 Å². The summed E-state index contributed by atoms with van der Waals surface area (Å²) in [5.41, 5.74) is 0.471. The quantitative estimate of drug-likeness (QED) is 0.776. The summed E-state index contributed by atoms with van der Waals surface area (Å²) in [4.78, 5) is 40.3. The van der Waals surface area contributed by atoms with E-state index in [0.29, 0.717) is 25.1 Å². The van der Waals surface area contributed by atoms with Gasteiger partial charge in [-0.05, 0) is 29.3 Å². The Morgan fingerprint density at radius 2 is 1.93 bits per heavy atom. The maximum absolute atomic E-state index is 13.0. The second-order valence-corrected chi connectivity index (χ2v) is 7.58. The van der Waals surface area contributed by atoms with Crippen molar-refractivity contribution in [2.24, 2.45) is 0 Å². The number of hydrogen-bond acceptors (Lipinski definition) is 5. The van der Waals surface area contributed by atoms with Gasteiger partial charge in [-0.2, -0.15) is 0 Å². The summed E-state index contributed by atoms with van der Waals surface area (Å²) in [6.45, 7) is 1.23. The van der Waals surface area contributed by atoms with Crippen molar-refractivity contribution in [3.8, 4) is 0 Å². The van der Waals surface area contributed by atoms with Crippen molar-refractivity contribution in [3.05, 3.63) is 48.0 Å². The molecular formula is C22H24N2O5. The van der Waals surface area contributed by atoms with Gasteiger partial charge in [0, 0.05) is 31.5 Å². The molecule has 2 atom stereocenters. The molecule has 0 aromatic heterocycles. The molecule has 2 saturated heterocycles. The van der Waals surface area contributed by atoms with Gasteiger partial charge in [0.25, 0.3) is 5.91 Å². The Bertz CT molecular complexity index is 944. The number of hydrogen-bond donors (Lipinski definition) is 1. The monoisotopic (exact) mass is 396 g/mol. The van der Waals surface area contributed by atoms with Gasteiger partial charge in [-0.3, -0.25) is 9.59 Å². The Kier molecular flexibility index (Phi) is 5.49. The van der Waals surface area contributed by atoms with Crippen LogP contribution in [0.5, 0.6) is 0 Å². The fraction of sp³-hybridized carbons (Fsp3) is 0.409. The van der Waals surface area contributed by atoms with E-state index in [2.05, 4.69) is 0 Å². The molecule has 4 rings (SSSR count). The molecule has 29 heavy (non-hydrogen) atoms. The number of fused-ring (bicyclic) bond motifs is 1. The Morgan fingerprint density at radius 3 is 2.69 bits per heavy atom. The average molecular weight is 396 g/mol. The predicted octanol–water partition coefficient (Wildman–Crippen LogP) is 1.58. The van der Waals surface area contributed by atoms with Crippen molar-refractivity contribution < 1.29 is 24.2 Å². The Morgan fingerprint density at radius 1 is 1.14 bits per heavy atom. The van der Waals surface area contributed by atoms with E-state index in [1.54, 1.807) is 17.0 Å². The van der Waals surface area contributed by atoms with Gasteiger partial charge in [0.1, 0.15) is 12.6 Å². The van der Waals surface area contributed by atoms with Crippen LogP contribution in [0.25, 0.3) is 10.8 Å². The van der Waals surface area contributed by atoms with E-state index in [0.717, 1.165) is 17.2 Å². The summed E-state index contributed by atoms with van der Waals surface area (Å²) < 4.78 is 5.33. The van der Waals surface area contributed by atoms with Crippen LogP contribution in [0.1, 0.15) is 29.6 Å². The molecule has 0 aliphatic carbocycles.